The van der Waals surface area contributed by atoms with Crippen molar-refractivity contribution >= 4 is 21.9 Å². The van der Waals surface area contributed by atoms with Crippen LogP contribution in [-0.2, 0) is 9.53 Å². The number of carbonyl (C=O) groups is 1. The minimum absolute atomic E-state index is 0.0790. The van der Waals surface area contributed by atoms with Crippen molar-refractivity contribution < 1.29 is 9.53 Å². The van der Waals surface area contributed by atoms with E-state index in [4.69, 9.17) is 4.74 Å². The third kappa shape index (κ3) is 19.3. The van der Waals surface area contributed by atoms with E-state index >= 15 is 0 Å². The molecule has 0 aliphatic heterocycles. The fourth-order valence-electron chi connectivity index (χ4n) is 3.74. The molecule has 2 nitrogen and oxygen atoms in total. The number of unbranched alkanes of at least 4 members (excludes halogenated alkanes) is 14. The topological polar surface area (TPSA) is 26.3 Å². The quantitative estimate of drug-likeness (QED) is 0.0913. The normalized spacial score (nSPS) is 12.2. The molecule has 0 aromatic heterocycles. The molecule has 3 heteroatoms. The van der Waals surface area contributed by atoms with Crippen molar-refractivity contribution in [1.29, 1.82) is 0 Å². The van der Waals surface area contributed by atoms with Crippen LogP contribution in [0.1, 0.15) is 136 Å². The molecule has 0 fully saturated rings. The first kappa shape index (κ1) is 27.9. The monoisotopic (exact) mass is 460 g/mol. The van der Waals surface area contributed by atoms with E-state index in [-0.39, 0.29) is 11.9 Å². The molecule has 28 heavy (non-hydrogen) atoms. The second-order valence-electron chi connectivity index (χ2n) is 8.43. The van der Waals surface area contributed by atoms with Crippen molar-refractivity contribution in [2.75, 3.05) is 11.9 Å². The van der Waals surface area contributed by atoms with E-state index in [9.17, 15) is 4.79 Å². The Balaban J connectivity index is 4.00. The highest BCUT2D eigenvalue weighted by molar-refractivity contribution is 9.09. The predicted molar refractivity (Wildman–Crippen MR) is 127 cm³/mol. The van der Waals surface area contributed by atoms with E-state index in [1.54, 1.807) is 0 Å². The van der Waals surface area contributed by atoms with E-state index < -0.39 is 0 Å². The Morgan fingerprint density at radius 1 is 0.643 bits per heavy atom. The summed E-state index contributed by atoms with van der Waals surface area (Å²) in [6.07, 6.45) is 23.7. The molecule has 0 aliphatic carbocycles. The zero-order chi connectivity index (χ0) is 20.7. The van der Waals surface area contributed by atoms with Crippen molar-refractivity contribution in [3.8, 4) is 0 Å². The molecular weight excluding hydrogens is 412 g/mol. The van der Waals surface area contributed by atoms with Crippen LogP contribution in [0.15, 0.2) is 0 Å². The summed E-state index contributed by atoms with van der Waals surface area (Å²) in [5, 5.41) is 1.04. The van der Waals surface area contributed by atoms with Gasteiger partial charge in [-0.2, -0.15) is 0 Å². The van der Waals surface area contributed by atoms with Crippen LogP contribution in [0.2, 0.25) is 0 Å². The van der Waals surface area contributed by atoms with E-state index in [1.807, 2.05) is 0 Å². The van der Waals surface area contributed by atoms with Gasteiger partial charge >= 0.3 is 5.97 Å². The summed E-state index contributed by atoms with van der Waals surface area (Å²) < 4.78 is 5.61. The average molecular weight is 462 g/mol. The van der Waals surface area contributed by atoms with Crippen molar-refractivity contribution in [1.82, 2.24) is 0 Å². The van der Waals surface area contributed by atoms with Gasteiger partial charge in [0.05, 0.1) is 12.5 Å². The number of rotatable bonds is 22. The fourth-order valence-corrected chi connectivity index (χ4v) is 4.14. The van der Waals surface area contributed by atoms with Crippen LogP contribution in [0.3, 0.4) is 0 Å². The lowest BCUT2D eigenvalue weighted by atomic mass is 9.94. The maximum atomic E-state index is 12.5. The van der Waals surface area contributed by atoms with Crippen LogP contribution < -0.4 is 0 Å². The lowest BCUT2D eigenvalue weighted by Gasteiger charge is -2.16. The Labute approximate surface area is 185 Å². The first-order valence-corrected chi connectivity index (χ1v) is 13.6. The Bertz CT molecular complexity index is 320. The smallest absolute Gasteiger partial charge is 0.308 e. The molecule has 0 saturated heterocycles. The number of ether oxygens (including phenoxy) is 1. The Kier molecular flexibility index (Phi) is 23.2. The fraction of sp³-hybridized carbons (Fsp3) is 0.960. The standard InChI is InChI=1S/C25H49BrO2/c1-3-5-7-9-11-12-14-17-21-24(20-16-13-10-8-6-4-2)25(27)28-23-19-15-18-22-26/h24H,3-23H2,1-2H3. The molecule has 0 amide bonds. The van der Waals surface area contributed by atoms with Gasteiger partial charge in [0.2, 0.25) is 0 Å². The van der Waals surface area contributed by atoms with Crippen LogP contribution in [-0.4, -0.2) is 17.9 Å². The number of alkyl halides is 1. The molecule has 0 N–H and O–H groups in total. The number of carbonyl (C=O) groups excluding carboxylic acids is 1. The highest BCUT2D eigenvalue weighted by Gasteiger charge is 2.19. The summed E-state index contributed by atoms with van der Waals surface area (Å²) in [7, 11) is 0. The van der Waals surface area contributed by atoms with Crippen molar-refractivity contribution in [3.63, 3.8) is 0 Å². The summed E-state index contributed by atoms with van der Waals surface area (Å²) in [5.41, 5.74) is 0. The molecule has 0 rings (SSSR count). The Hall–Kier alpha value is -0.0500. The van der Waals surface area contributed by atoms with Gasteiger partial charge in [-0.1, -0.05) is 120 Å². The van der Waals surface area contributed by atoms with Gasteiger partial charge < -0.3 is 4.74 Å². The van der Waals surface area contributed by atoms with Crippen molar-refractivity contribution in [2.24, 2.45) is 5.92 Å². The molecule has 0 bridgehead atoms. The van der Waals surface area contributed by atoms with Gasteiger partial charge in [0.15, 0.2) is 0 Å². The average Bonchev–Trinajstić information content (AvgIpc) is 2.70. The third-order valence-corrected chi connectivity index (χ3v) is 6.23. The molecule has 0 saturated carbocycles. The SMILES string of the molecule is CCCCCCCCCCC(CCCCCCCC)C(=O)OCCCCCBr. The predicted octanol–water partition coefficient (Wildman–Crippen LogP) is 8.99. The molecular formula is C25H49BrO2. The highest BCUT2D eigenvalue weighted by Crippen LogP contribution is 2.21. The number of esters is 1. The summed E-state index contributed by atoms with van der Waals surface area (Å²) in [5.74, 6) is 0.220. The van der Waals surface area contributed by atoms with E-state index in [2.05, 4.69) is 29.8 Å². The molecule has 0 aromatic rings. The summed E-state index contributed by atoms with van der Waals surface area (Å²) in [4.78, 5) is 12.5. The Morgan fingerprint density at radius 2 is 1.07 bits per heavy atom. The molecule has 168 valence electrons. The first-order chi connectivity index (χ1) is 13.8. The van der Waals surface area contributed by atoms with Crippen LogP contribution >= 0.6 is 15.9 Å². The van der Waals surface area contributed by atoms with Gasteiger partial charge in [-0.15, -0.1) is 0 Å². The van der Waals surface area contributed by atoms with Crippen LogP contribution in [0.5, 0.6) is 0 Å². The zero-order valence-corrected chi connectivity index (χ0v) is 20.7. The maximum Gasteiger partial charge on any atom is 0.308 e. The minimum atomic E-state index is 0.0790. The maximum absolute atomic E-state index is 12.5. The molecule has 0 aliphatic rings. The molecule has 0 aromatic carbocycles. The molecule has 0 radical (unpaired) electrons. The number of hydrogen-bond acceptors (Lipinski definition) is 2. The highest BCUT2D eigenvalue weighted by atomic mass is 79.9. The van der Waals surface area contributed by atoms with E-state index in [1.165, 1.54) is 89.9 Å². The molecule has 0 heterocycles. The molecule has 0 spiro atoms. The summed E-state index contributed by atoms with van der Waals surface area (Å²) in [6.45, 7) is 5.13. The van der Waals surface area contributed by atoms with Gasteiger partial charge in [0, 0.05) is 5.33 Å². The van der Waals surface area contributed by atoms with Crippen molar-refractivity contribution in [3.05, 3.63) is 0 Å². The van der Waals surface area contributed by atoms with Gasteiger partial charge in [-0.3, -0.25) is 4.79 Å². The molecule has 1 unspecified atom stereocenters. The second kappa shape index (κ2) is 23.2. The van der Waals surface area contributed by atoms with E-state index in [0.717, 1.165) is 37.4 Å². The van der Waals surface area contributed by atoms with E-state index in [0.29, 0.717) is 6.61 Å². The van der Waals surface area contributed by atoms with Crippen LogP contribution in [0.25, 0.3) is 0 Å². The zero-order valence-electron chi connectivity index (χ0n) is 19.1. The summed E-state index contributed by atoms with van der Waals surface area (Å²) in [6, 6.07) is 0. The van der Waals surface area contributed by atoms with Gasteiger partial charge in [-0.25, -0.2) is 0 Å². The lowest BCUT2D eigenvalue weighted by molar-refractivity contribution is -0.149. The largest absolute Gasteiger partial charge is 0.465 e. The van der Waals surface area contributed by atoms with Crippen LogP contribution in [0, 0.1) is 5.92 Å². The summed E-state index contributed by atoms with van der Waals surface area (Å²) >= 11 is 3.46. The van der Waals surface area contributed by atoms with Gasteiger partial charge in [0.1, 0.15) is 0 Å². The third-order valence-electron chi connectivity index (χ3n) is 5.67. The molecule has 1 atom stereocenters. The van der Waals surface area contributed by atoms with Crippen LogP contribution in [0.4, 0.5) is 0 Å². The second-order valence-corrected chi connectivity index (χ2v) is 9.23. The lowest BCUT2D eigenvalue weighted by Crippen LogP contribution is -2.18. The number of hydrogen-bond donors (Lipinski definition) is 0. The van der Waals surface area contributed by atoms with Gasteiger partial charge in [-0.05, 0) is 32.1 Å². The minimum Gasteiger partial charge on any atom is -0.465 e. The van der Waals surface area contributed by atoms with Gasteiger partial charge in [0.25, 0.3) is 0 Å². The van der Waals surface area contributed by atoms with Crippen molar-refractivity contribution in [2.45, 2.75) is 136 Å². The first-order valence-electron chi connectivity index (χ1n) is 12.5. The number of halogens is 1. The Morgan fingerprint density at radius 3 is 1.54 bits per heavy atom.